The van der Waals surface area contributed by atoms with Crippen LogP contribution in [0.5, 0.6) is 11.5 Å². The average Bonchev–Trinajstić information content (AvgIpc) is 2.67. The molecule has 0 aliphatic heterocycles. The Morgan fingerprint density at radius 3 is 2.77 bits per heavy atom. The van der Waals surface area contributed by atoms with Crippen molar-refractivity contribution < 1.29 is 19.0 Å². The molecule has 0 bridgehead atoms. The topological polar surface area (TPSA) is 56.8 Å². The van der Waals surface area contributed by atoms with E-state index in [1.165, 1.54) is 32.1 Å². The smallest absolute Gasteiger partial charge is 0.244 e. The van der Waals surface area contributed by atoms with Gasteiger partial charge in [0.25, 0.3) is 0 Å². The van der Waals surface area contributed by atoms with Crippen LogP contribution in [0.15, 0.2) is 24.3 Å². The summed E-state index contributed by atoms with van der Waals surface area (Å²) in [7, 11) is 1.61. The summed E-state index contributed by atoms with van der Waals surface area (Å²) in [5, 5.41) is 2.89. The summed E-state index contributed by atoms with van der Waals surface area (Å²) in [4.78, 5) is 11.9. The molecule has 1 amide bonds. The molecule has 0 atom stereocenters. The van der Waals surface area contributed by atoms with Crippen molar-refractivity contribution in [3.05, 3.63) is 29.8 Å². The first-order chi connectivity index (χ1) is 12.7. The van der Waals surface area contributed by atoms with Crippen LogP contribution in [-0.4, -0.2) is 38.9 Å². The van der Waals surface area contributed by atoms with Crippen LogP contribution in [0.1, 0.15) is 51.0 Å². The summed E-state index contributed by atoms with van der Waals surface area (Å²) < 4.78 is 16.7. The summed E-state index contributed by atoms with van der Waals surface area (Å²) in [6, 6.07) is 5.60. The first kappa shape index (κ1) is 20.3. The number of hydrogen-bond donors (Lipinski definition) is 1. The van der Waals surface area contributed by atoms with Crippen molar-refractivity contribution in [2.24, 2.45) is 0 Å². The van der Waals surface area contributed by atoms with Crippen molar-refractivity contribution in [1.29, 1.82) is 0 Å². The SMILES string of the molecule is CCOc1cc(/C=C/C(=O)NCCCOC2CCCCC2)ccc1OC. The molecule has 5 heteroatoms. The Kier molecular flexibility index (Phi) is 9.04. The van der Waals surface area contributed by atoms with Crippen LogP contribution in [0, 0.1) is 0 Å². The molecular weight excluding hydrogens is 330 g/mol. The van der Waals surface area contributed by atoms with Crippen molar-refractivity contribution >= 4 is 12.0 Å². The van der Waals surface area contributed by atoms with Crippen LogP contribution in [0.25, 0.3) is 6.08 Å². The zero-order chi connectivity index (χ0) is 18.6. The number of hydrogen-bond acceptors (Lipinski definition) is 4. The molecule has 1 aromatic carbocycles. The van der Waals surface area contributed by atoms with E-state index in [4.69, 9.17) is 14.2 Å². The molecule has 1 aliphatic carbocycles. The molecule has 0 spiro atoms. The molecular formula is C21H31NO4. The van der Waals surface area contributed by atoms with Crippen molar-refractivity contribution in [3.8, 4) is 11.5 Å². The van der Waals surface area contributed by atoms with Gasteiger partial charge in [0, 0.05) is 19.2 Å². The fourth-order valence-corrected chi connectivity index (χ4v) is 3.06. The number of ether oxygens (including phenoxy) is 3. The highest BCUT2D eigenvalue weighted by molar-refractivity contribution is 5.91. The zero-order valence-corrected chi connectivity index (χ0v) is 16.0. The predicted octanol–water partition coefficient (Wildman–Crippen LogP) is 3.96. The van der Waals surface area contributed by atoms with Gasteiger partial charge < -0.3 is 19.5 Å². The van der Waals surface area contributed by atoms with Crippen LogP contribution in [-0.2, 0) is 9.53 Å². The quantitative estimate of drug-likeness (QED) is 0.506. The Hall–Kier alpha value is -2.01. The minimum atomic E-state index is -0.101. The lowest BCUT2D eigenvalue weighted by molar-refractivity contribution is -0.116. The van der Waals surface area contributed by atoms with E-state index in [2.05, 4.69) is 5.32 Å². The van der Waals surface area contributed by atoms with Crippen molar-refractivity contribution in [2.75, 3.05) is 26.9 Å². The molecule has 26 heavy (non-hydrogen) atoms. The Labute approximate surface area is 156 Å². The van der Waals surface area contributed by atoms with Crippen LogP contribution >= 0.6 is 0 Å². The standard InChI is InChI=1S/C21H31NO4/c1-3-25-20-16-17(10-12-19(20)24-2)11-13-21(23)22-14-7-15-26-18-8-5-4-6-9-18/h10-13,16,18H,3-9,14-15H2,1-2H3,(H,22,23)/b13-11+. The number of benzene rings is 1. The average molecular weight is 361 g/mol. The van der Waals surface area contributed by atoms with E-state index in [1.54, 1.807) is 19.3 Å². The van der Waals surface area contributed by atoms with E-state index < -0.39 is 0 Å². The minimum Gasteiger partial charge on any atom is -0.493 e. The molecule has 2 rings (SSSR count). The van der Waals surface area contributed by atoms with Crippen LogP contribution < -0.4 is 14.8 Å². The summed E-state index contributed by atoms with van der Waals surface area (Å²) in [5.41, 5.74) is 0.894. The van der Waals surface area contributed by atoms with E-state index in [0.717, 1.165) is 12.0 Å². The molecule has 1 fully saturated rings. The summed E-state index contributed by atoms with van der Waals surface area (Å²) >= 11 is 0. The Morgan fingerprint density at radius 2 is 2.04 bits per heavy atom. The molecule has 144 valence electrons. The second kappa shape index (κ2) is 11.6. The van der Waals surface area contributed by atoms with Gasteiger partial charge in [-0.25, -0.2) is 0 Å². The largest absolute Gasteiger partial charge is 0.493 e. The second-order valence-electron chi connectivity index (χ2n) is 6.45. The van der Waals surface area contributed by atoms with E-state index in [9.17, 15) is 4.79 Å². The van der Waals surface area contributed by atoms with Gasteiger partial charge in [0.05, 0.1) is 19.8 Å². The monoisotopic (exact) mass is 361 g/mol. The molecule has 0 aromatic heterocycles. The molecule has 0 radical (unpaired) electrons. The third-order valence-corrected chi connectivity index (χ3v) is 4.44. The molecule has 0 saturated heterocycles. The maximum absolute atomic E-state index is 11.9. The number of carbonyl (C=O) groups excluding carboxylic acids is 1. The first-order valence-electron chi connectivity index (χ1n) is 9.61. The van der Waals surface area contributed by atoms with Gasteiger partial charge in [0.1, 0.15) is 0 Å². The lowest BCUT2D eigenvalue weighted by Crippen LogP contribution is -2.24. The molecule has 1 aliphatic rings. The maximum atomic E-state index is 11.9. The van der Waals surface area contributed by atoms with E-state index in [0.29, 0.717) is 37.4 Å². The van der Waals surface area contributed by atoms with Gasteiger partial charge in [0.2, 0.25) is 5.91 Å². The zero-order valence-electron chi connectivity index (χ0n) is 16.0. The van der Waals surface area contributed by atoms with Crippen molar-refractivity contribution in [2.45, 2.75) is 51.6 Å². The lowest BCUT2D eigenvalue weighted by atomic mass is 9.98. The number of carbonyl (C=O) groups is 1. The molecule has 1 aromatic rings. The molecule has 1 N–H and O–H groups in total. The van der Waals surface area contributed by atoms with Gasteiger partial charge in [-0.3, -0.25) is 4.79 Å². The normalized spacial score (nSPS) is 15.2. The highest BCUT2D eigenvalue weighted by Gasteiger charge is 2.12. The van der Waals surface area contributed by atoms with Crippen LogP contribution in [0.2, 0.25) is 0 Å². The summed E-state index contributed by atoms with van der Waals surface area (Å²) in [6.45, 7) is 3.83. The molecule has 0 heterocycles. The highest BCUT2D eigenvalue weighted by atomic mass is 16.5. The highest BCUT2D eigenvalue weighted by Crippen LogP contribution is 2.28. The Morgan fingerprint density at radius 1 is 1.23 bits per heavy atom. The van der Waals surface area contributed by atoms with Crippen LogP contribution in [0.4, 0.5) is 0 Å². The molecule has 5 nitrogen and oxygen atoms in total. The fourth-order valence-electron chi connectivity index (χ4n) is 3.06. The van der Waals surface area contributed by atoms with Gasteiger partial charge in [-0.15, -0.1) is 0 Å². The second-order valence-corrected chi connectivity index (χ2v) is 6.45. The Bertz CT molecular complexity index is 579. The van der Waals surface area contributed by atoms with E-state index in [-0.39, 0.29) is 5.91 Å². The maximum Gasteiger partial charge on any atom is 0.244 e. The van der Waals surface area contributed by atoms with Crippen molar-refractivity contribution in [1.82, 2.24) is 5.32 Å². The number of amides is 1. The van der Waals surface area contributed by atoms with E-state index >= 15 is 0 Å². The minimum absolute atomic E-state index is 0.101. The number of rotatable bonds is 10. The fraction of sp³-hybridized carbons (Fsp3) is 0.571. The van der Waals surface area contributed by atoms with Gasteiger partial charge in [-0.05, 0) is 50.0 Å². The Balaban J connectivity index is 1.69. The van der Waals surface area contributed by atoms with E-state index in [1.807, 2.05) is 25.1 Å². The summed E-state index contributed by atoms with van der Waals surface area (Å²) in [6.07, 6.45) is 10.8. The third kappa shape index (κ3) is 7.08. The number of methoxy groups -OCH3 is 1. The van der Waals surface area contributed by atoms with Gasteiger partial charge in [0.15, 0.2) is 11.5 Å². The van der Waals surface area contributed by atoms with Gasteiger partial charge in [-0.1, -0.05) is 25.3 Å². The van der Waals surface area contributed by atoms with Gasteiger partial charge in [-0.2, -0.15) is 0 Å². The predicted molar refractivity (Wildman–Crippen MR) is 104 cm³/mol. The third-order valence-electron chi connectivity index (χ3n) is 4.44. The molecule has 1 saturated carbocycles. The molecule has 0 unspecified atom stereocenters. The van der Waals surface area contributed by atoms with Gasteiger partial charge >= 0.3 is 0 Å². The summed E-state index contributed by atoms with van der Waals surface area (Å²) in [5.74, 6) is 1.26. The van der Waals surface area contributed by atoms with Crippen LogP contribution in [0.3, 0.4) is 0 Å². The first-order valence-corrected chi connectivity index (χ1v) is 9.61. The number of nitrogens with one attached hydrogen (secondary N) is 1. The lowest BCUT2D eigenvalue weighted by Gasteiger charge is -2.21. The van der Waals surface area contributed by atoms with Crippen molar-refractivity contribution in [3.63, 3.8) is 0 Å².